The second-order valence-corrected chi connectivity index (χ2v) is 5.64. The molecular weight excluding hydrogens is 286 g/mol. The molecule has 0 aromatic heterocycles. The van der Waals surface area contributed by atoms with E-state index in [9.17, 15) is 10.1 Å². The molecule has 0 saturated carbocycles. The molecule has 0 atom stereocenters. The molecule has 0 amide bonds. The highest BCUT2D eigenvalue weighted by molar-refractivity contribution is 4.99. The standard InChI is InChI=1S/C20H33NO2/c1-2-3-4-5-6-7-8-9-10-11-12-13-14-15-16-17-18-19-20-21(22)23/h6-7,9-10,12-13,15-16H,2-5,8,11,14,17-20H2,1H3/b7-6-,10-9-,13-12-,16-15-. The lowest BCUT2D eigenvalue weighted by atomic mass is 10.2. The van der Waals surface area contributed by atoms with Crippen molar-refractivity contribution in [1.29, 1.82) is 0 Å². The van der Waals surface area contributed by atoms with Gasteiger partial charge >= 0.3 is 0 Å². The summed E-state index contributed by atoms with van der Waals surface area (Å²) in [7, 11) is 0. The zero-order valence-corrected chi connectivity index (χ0v) is 14.7. The molecule has 0 aromatic carbocycles. The number of nitro groups is 1. The molecule has 0 rings (SSSR count). The lowest BCUT2D eigenvalue weighted by molar-refractivity contribution is -0.480. The van der Waals surface area contributed by atoms with Gasteiger partial charge in [0, 0.05) is 11.3 Å². The van der Waals surface area contributed by atoms with Crippen LogP contribution in [0, 0.1) is 10.1 Å². The van der Waals surface area contributed by atoms with Crippen molar-refractivity contribution in [2.45, 2.75) is 71.1 Å². The fraction of sp³-hybridized carbons (Fsp3) is 0.600. The van der Waals surface area contributed by atoms with Crippen molar-refractivity contribution in [3.05, 3.63) is 58.7 Å². The molecule has 0 aliphatic carbocycles. The second kappa shape index (κ2) is 18.4. The normalized spacial score (nSPS) is 12.4. The van der Waals surface area contributed by atoms with Gasteiger partial charge in [-0.15, -0.1) is 0 Å². The van der Waals surface area contributed by atoms with E-state index >= 15 is 0 Å². The molecular formula is C20H33NO2. The fourth-order valence-corrected chi connectivity index (χ4v) is 2.06. The van der Waals surface area contributed by atoms with Gasteiger partial charge < -0.3 is 0 Å². The van der Waals surface area contributed by atoms with E-state index in [4.69, 9.17) is 0 Å². The van der Waals surface area contributed by atoms with Gasteiger partial charge in [0.1, 0.15) is 0 Å². The minimum atomic E-state index is -0.248. The molecule has 0 fully saturated rings. The molecule has 3 nitrogen and oxygen atoms in total. The Morgan fingerprint density at radius 1 is 0.696 bits per heavy atom. The van der Waals surface area contributed by atoms with Crippen LogP contribution in [0.3, 0.4) is 0 Å². The molecule has 0 aliphatic heterocycles. The Balaban J connectivity index is 3.39. The molecule has 0 saturated heterocycles. The summed E-state index contributed by atoms with van der Waals surface area (Å²) in [6.45, 7) is 2.32. The van der Waals surface area contributed by atoms with Crippen molar-refractivity contribution in [1.82, 2.24) is 0 Å². The molecule has 3 heteroatoms. The van der Waals surface area contributed by atoms with Crippen LogP contribution in [0.15, 0.2) is 48.6 Å². The number of hydrogen-bond donors (Lipinski definition) is 0. The molecule has 0 heterocycles. The molecule has 0 aromatic rings. The molecule has 23 heavy (non-hydrogen) atoms. The van der Waals surface area contributed by atoms with Crippen molar-refractivity contribution in [3.63, 3.8) is 0 Å². The average molecular weight is 319 g/mol. The molecule has 0 spiro atoms. The van der Waals surface area contributed by atoms with Crippen LogP contribution in [0.1, 0.15) is 71.1 Å². The third-order valence-electron chi connectivity index (χ3n) is 3.42. The molecule has 0 aliphatic rings. The largest absolute Gasteiger partial charge is 0.265 e. The van der Waals surface area contributed by atoms with E-state index < -0.39 is 0 Å². The Morgan fingerprint density at radius 3 is 1.57 bits per heavy atom. The first-order chi connectivity index (χ1) is 11.3. The van der Waals surface area contributed by atoms with Crippen LogP contribution < -0.4 is 0 Å². The number of hydrogen-bond acceptors (Lipinski definition) is 2. The van der Waals surface area contributed by atoms with E-state index in [1.165, 1.54) is 25.7 Å². The highest BCUT2D eigenvalue weighted by atomic mass is 16.6. The van der Waals surface area contributed by atoms with Crippen molar-refractivity contribution in [2.75, 3.05) is 6.54 Å². The molecule has 0 bridgehead atoms. The molecule has 130 valence electrons. The quantitative estimate of drug-likeness (QED) is 0.151. The maximum atomic E-state index is 10.1. The number of rotatable bonds is 15. The van der Waals surface area contributed by atoms with E-state index in [2.05, 4.69) is 55.5 Å². The third-order valence-corrected chi connectivity index (χ3v) is 3.42. The topological polar surface area (TPSA) is 43.1 Å². The zero-order chi connectivity index (χ0) is 17.0. The van der Waals surface area contributed by atoms with Crippen molar-refractivity contribution >= 4 is 0 Å². The van der Waals surface area contributed by atoms with E-state index in [0.717, 1.165) is 32.1 Å². The summed E-state index contributed by atoms with van der Waals surface area (Å²) in [6, 6.07) is 0. The second-order valence-electron chi connectivity index (χ2n) is 5.64. The van der Waals surface area contributed by atoms with Gasteiger partial charge in [-0.2, -0.15) is 0 Å². The van der Waals surface area contributed by atoms with Gasteiger partial charge in [0.05, 0.1) is 0 Å². The summed E-state index contributed by atoms with van der Waals surface area (Å²) >= 11 is 0. The van der Waals surface area contributed by atoms with E-state index in [0.29, 0.717) is 6.42 Å². The fourth-order valence-electron chi connectivity index (χ4n) is 2.06. The van der Waals surface area contributed by atoms with Crippen molar-refractivity contribution < 1.29 is 4.92 Å². The van der Waals surface area contributed by atoms with Gasteiger partial charge in [0.15, 0.2) is 0 Å². The first-order valence-corrected chi connectivity index (χ1v) is 8.99. The summed E-state index contributed by atoms with van der Waals surface area (Å²) in [4.78, 5) is 9.89. The number of allylic oxidation sites excluding steroid dienone is 8. The minimum Gasteiger partial charge on any atom is -0.265 e. The molecule has 0 unspecified atom stereocenters. The van der Waals surface area contributed by atoms with Gasteiger partial charge in [0.25, 0.3) is 0 Å². The van der Waals surface area contributed by atoms with Crippen LogP contribution in [0.2, 0.25) is 0 Å². The van der Waals surface area contributed by atoms with Gasteiger partial charge in [-0.3, -0.25) is 10.1 Å². The lowest BCUT2D eigenvalue weighted by Crippen LogP contribution is -1.99. The lowest BCUT2D eigenvalue weighted by Gasteiger charge is -1.91. The van der Waals surface area contributed by atoms with Crippen LogP contribution in [-0.2, 0) is 0 Å². The highest BCUT2D eigenvalue weighted by Gasteiger charge is 1.93. The zero-order valence-electron chi connectivity index (χ0n) is 14.7. The summed E-state index contributed by atoms with van der Waals surface area (Å²) < 4.78 is 0. The predicted molar refractivity (Wildman–Crippen MR) is 100 cm³/mol. The van der Waals surface area contributed by atoms with Gasteiger partial charge in [-0.05, 0) is 44.9 Å². The highest BCUT2D eigenvalue weighted by Crippen LogP contribution is 2.01. The summed E-state index contributed by atoms with van der Waals surface area (Å²) in [5.74, 6) is 0. The molecule has 0 radical (unpaired) electrons. The average Bonchev–Trinajstić information content (AvgIpc) is 2.53. The van der Waals surface area contributed by atoms with Gasteiger partial charge in [-0.25, -0.2) is 0 Å². The summed E-state index contributed by atoms with van der Waals surface area (Å²) in [5.41, 5.74) is 0. The third kappa shape index (κ3) is 20.4. The molecule has 0 N–H and O–H groups in total. The van der Waals surface area contributed by atoms with Crippen LogP contribution in [0.25, 0.3) is 0 Å². The smallest absolute Gasteiger partial charge is 0.203 e. The van der Waals surface area contributed by atoms with Crippen LogP contribution in [-0.4, -0.2) is 11.5 Å². The first-order valence-electron chi connectivity index (χ1n) is 8.99. The Kier molecular flexibility index (Phi) is 17.1. The van der Waals surface area contributed by atoms with Crippen molar-refractivity contribution in [3.8, 4) is 0 Å². The van der Waals surface area contributed by atoms with E-state index in [1.807, 2.05) is 0 Å². The maximum Gasteiger partial charge on any atom is 0.203 e. The Hall–Kier alpha value is -1.64. The number of unbranched alkanes of at least 4 members (excludes halogenated alkanes) is 5. The Labute approximate surface area is 142 Å². The number of nitrogens with zero attached hydrogens (tertiary/aromatic N) is 1. The van der Waals surface area contributed by atoms with Crippen LogP contribution in [0.4, 0.5) is 0 Å². The minimum absolute atomic E-state index is 0.0913. The van der Waals surface area contributed by atoms with E-state index in [-0.39, 0.29) is 11.5 Å². The van der Waals surface area contributed by atoms with Crippen LogP contribution >= 0.6 is 0 Å². The van der Waals surface area contributed by atoms with Crippen LogP contribution in [0.5, 0.6) is 0 Å². The van der Waals surface area contributed by atoms with E-state index in [1.54, 1.807) is 0 Å². The van der Waals surface area contributed by atoms with Gasteiger partial charge in [0.2, 0.25) is 6.54 Å². The monoisotopic (exact) mass is 319 g/mol. The van der Waals surface area contributed by atoms with Gasteiger partial charge in [-0.1, -0.05) is 68.4 Å². The predicted octanol–water partition coefficient (Wildman–Crippen LogP) is 6.41. The first kappa shape index (κ1) is 21.4. The Morgan fingerprint density at radius 2 is 1.13 bits per heavy atom. The van der Waals surface area contributed by atoms with Crippen molar-refractivity contribution in [2.24, 2.45) is 0 Å². The summed E-state index contributed by atoms with van der Waals surface area (Å²) in [5, 5.41) is 10.1. The SMILES string of the molecule is CCCCC/C=C\C/C=C\C/C=C\C/C=C\CCCC[N+](=O)[O-]. The Bertz CT molecular complexity index is 381. The summed E-state index contributed by atoms with van der Waals surface area (Å²) in [6.07, 6.45) is 28.1. The maximum absolute atomic E-state index is 10.1.